The number of benzene rings is 1. The minimum absolute atomic E-state index is 0.0466. The first-order chi connectivity index (χ1) is 15.7. The molecule has 1 aliphatic heterocycles. The van der Waals surface area contributed by atoms with Crippen molar-refractivity contribution in [1.29, 1.82) is 0 Å². The molecule has 0 saturated heterocycles. The molecule has 0 amide bonds. The van der Waals surface area contributed by atoms with Gasteiger partial charge in [-0.2, -0.15) is 8.70 Å². The fourth-order valence-electron chi connectivity index (χ4n) is 3.54. The molecule has 1 N–H and O–H groups in total. The average molecular weight is 496 g/mol. The highest BCUT2D eigenvalue weighted by Crippen LogP contribution is 2.41. The molecule has 0 bridgehead atoms. The molecule has 0 fully saturated rings. The Morgan fingerprint density at radius 3 is 2.67 bits per heavy atom. The molecule has 0 saturated carbocycles. The zero-order valence-electron chi connectivity index (χ0n) is 18.6. The number of anilines is 2. The maximum Gasteiger partial charge on any atom is 0.368 e. The summed E-state index contributed by atoms with van der Waals surface area (Å²) in [6.07, 6.45) is 4.61. The summed E-state index contributed by atoms with van der Waals surface area (Å²) in [6, 6.07) is 10.4. The van der Waals surface area contributed by atoms with Gasteiger partial charge in [0.1, 0.15) is 16.2 Å². The maximum absolute atomic E-state index is 13.6. The van der Waals surface area contributed by atoms with E-state index in [4.69, 9.17) is 9.84 Å². The molecule has 0 radical (unpaired) electrons. The van der Waals surface area contributed by atoms with Gasteiger partial charge in [-0.1, -0.05) is 38.0 Å². The molecule has 11 heteroatoms. The standard InChI is InChI=1S/C22H26FN3O5S2/c1-4-5-9-16-13-26(15-10-7-6-8-11-15)20-19(33(29,30)25(16)2)12-18(21(24-20)32-3)31-14-17(23)22(27)28/h6-8,10-12,14,16H,4-5,9,13H2,1-3H3,(H,27,28). The Morgan fingerprint density at radius 1 is 1.36 bits per heavy atom. The number of sulfonamides is 1. The number of aromatic nitrogens is 1. The SMILES string of the molecule is CCCCC1CN(c2ccccc2)c2nc(SC)c(OC=C(F)C(=O)O)cc2S(=O)(=O)N1C. The fourth-order valence-corrected chi connectivity index (χ4v) is 5.55. The van der Waals surface area contributed by atoms with Crippen molar-refractivity contribution in [1.82, 2.24) is 9.29 Å². The van der Waals surface area contributed by atoms with Gasteiger partial charge in [0, 0.05) is 31.4 Å². The summed E-state index contributed by atoms with van der Waals surface area (Å²) in [7, 11) is -2.43. The normalized spacial score (nSPS) is 18.5. The Hall–Kier alpha value is -2.63. The van der Waals surface area contributed by atoms with Gasteiger partial charge in [-0.25, -0.2) is 18.2 Å². The number of ether oxygens (including phenoxy) is 1. The van der Waals surface area contributed by atoms with Gasteiger partial charge in [0.25, 0.3) is 0 Å². The lowest BCUT2D eigenvalue weighted by Gasteiger charge is -2.29. The van der Waals surface area contributed by atoms with Gasteiger partial charge in [-0.15, -0.1) is 11.8 Å². The zero-order valence-corrected chi connectivity index (χ0v) is 20.2. The number of carboxylic acids is 1. The van der Waals surface area contributed by atoms with E-state index in [0.717, 1.165) is 18.5 Å². The number of likely N-dealkylation sites (N-methyl/N-ethyl adjacent to an activating group) is 1. The summed E-state index contributed by atoms with van der Waals surface area (Å²) in [6.45, 7) is 2.45. The van der Waals surface area contributed by atoms with Crippen LogP contribution in [-0.4, -0.2) is 54.7 Å². The molecule has 2 heterocycles. The second-order valence-corrected chi connectivity index (χ2v) is 10.2. The lowest BCUT2D eigenvalue weighted by molar-refractivity contribution is -0.134. The molecule has 1 atom stereocenters. The van der Waals surface area contributed by atoms with E-state index in [1.807, 2.05) is 35.2 Å². The van der Waals surface area contributed by atoms with Crippen molar-refractivity contribution in [3.05, 3.63) is 48.5 Å². The summed E-state index contributed by atoms with van der Waals surface area (Å²) >= 11 is 1.18. The van der Waals surface area contributed by atoms with E-state index in [1.54, 1.807) is 13.3 Å². The Labute approximate surface area is 197 Å². The topological polar surface area (TPSA) is 100 Å². The van der Waals surface area contributed by atoms with Crippen LogP contribution in [0.25, 0.3) is 0 Å². The van der Waals surface area contributed by atoms with E-state index in [0.29, 0.717) is 24.3 Å². The molecule has 2 aromatic rings. The van der Waals surface area contributed by atoms with Gasteiger partial charge >= 0.3 is 5.97 Å². The van der Waals surface area contributed by atoms with Gasteiger partial charge in [0.05, 0.1) is 0 Å². The van der Waals surface area contributed by atoms with Crippen LogP contribution in [0.15, 0.2) is 58.4 Å². The van der Waals surface area contributed by atoms with Crippen LogP contribution < -0.4 is 9.64 Å². The lowest BCUT2D eigenvalue weighted by Crippen LogP contribution is -2.40. The van der Waals surface area contributed by atoms with Crippen LogP contribution in [0.2, 0.25) is 0 Å². The van der Waals surface area contributed by atoms with Gasteiger partial charge in [0.15, 0.2) is 11.6 Å². The van der Waals surface area contributed by atoms with Crippen molar-refractivity contribution in [2.45, 2.75) is 42.1 Å². The van der Waals surface area contributed by atoms with Gasteiger partial charge in [-0.05, 0) is 24.8 Å². The summed E-state index contributed by atoms with van der Waals surface area (Å²) in [5.74, 6) is -3.10. The molecule has 8 nitrogen and oxygen atoms in total. The Kier molecular flexibility index (Phi) is 7.98. The number of thioether (sulfide) groups is 1. The fraction of sp³-hybridized carbons (Fsp3) is 0.364. The van der Waals surface area contributed by atoms with Crippen molar-refractivity contribution in [2.24, 2.45) is 0 Å². The molecule has 0 spiro atoms. The number of para-hydroxylation sites is 1. The summed E-state index contributed by atoms with van der Waals surface area (Å²) < 4.78 is 47.2. The van der Waals surface area contributed by atoms with Crippen molar-refractivity contribution >= 4 is 39.3 Å². The predicted octanol–water partition coefficient (Wildman–Crippen LogP) is 4.41. The molecule has 1 aromatic heterocycles. The number of carboxylic acid groups (broad SMARTS) is 1. The molecule has 0 aliphatic carbocycles. The number of nitrogens with zero attached hydrogens (tertiary/aromatic N) is 3. The molecule has 178 valence electrons. The first-order valence-corrected chi connectivity index (χ1v) is 13.0. The molecule has 1 unspecified atom stereocenters. The number of halogens is 1. The first kappa shape index (κ1) is 25.0. The van der Waals surface area contributed by atoms with Gasteiger partial charge in [0.2, 0.25) is 15.9 Å². The Morgan fingerprint density at radius 2 is 2.06 bits per heavy atom. The van der Waals surface area contributed by atoms with Crippen molar-refractivity contribution in [3.63, 3.8) is 0 Å². The van der Waals surface area contributed by atoms with E-state index in [1.165, 1.54) is 22.1 Å². The number of hydrogen-bond acceptors (Lipinski definition) is 7. The highest BCUT2D eigenvalue weighted by atomic mass is 32.2. The highest BCUT2D eigenvalue weighted by Gasteiger charge is 2.38. The Bertz CT molecular complexity index is 1140. The molecule has 1 aromatic carbocycles. The van der Waals surface area contributed by atoms with E-state index in [-0.39, 0.29) is 22.5 Å². The second-order valence-electron chi connectivity index (χ2n) is 7.47. The van der Waals surface area contributed by atoms with Gasteiger partial charge < -0.3 is 14.7 Å². The van der Waals surface area contributed by atoms with Crippen molar-refractivity contribution in [2.75, 3.05) is 24.7 Å². The predicted molar refractivity (Wildman–Crippen MR) is 125 cm³/mol. The van der Waals surface area contributed by atoms with Crippen LogP contribution in [0, 0.1) is 0 Å². The maximum atomic E-state index is 13.6. The Balaban J connectivity index is 2.21. The number of rotatable bonds is 8. The largest absolute Gasteiger partial charge is 0.476 e. The van der Waals surface area contributed by atoms with Crippen LogP contribution >= 0.6 is 11.8 Å². The van der Waals surface area contributed by atoms with Crippen molar-refractivity contribution in [3.8, 4) is 5.75 Å². The quantitative estimate of drug-likeness (QED) is 0.327. The number of hydrogen-bond donors (Lipinski definition) is 1. The number of carbonyl (C=O) groups is 1. The van der Waals surface area contributed by atoms with Crippen LogP contribution in [0.4, 0.5) is 15.9 Å². The van der Waals surface area contributed by atoms with E-state index >= 15 is 0 Å². The third kappa shape index (κ3) is 5.31. The highest BCUT2D eigenvalue weighted by molar-refractivity contribution is 7.98. The molecule has 3 rings (SSSR count). The smallest absolute Gasteiger partial charge is 0.368 e. The third-order valence-electron chi connectivity index (χ3n) is 5.37. The van der Waals surface area contributed by atoms with Crippen LogP contribution in [0.3, 0.4) is 0 Å². The second kappa shape index (κ2) is 10.5. The van der Waals surface area contributed by atoms with E-state index in [9.17, 15) is 17.6 Å². The third-order valence-corrected chi connectivity index (χ3v) is 7.96. The van der Waals surface area contributed by atoms with Crippen LogP contribution in [0.5, 0.6) is 5.75 Å². The molecular formula is C22H26FN3O5S2. The minimum Gasteiger partial charge on any atom is -0.476 e. The first-order valence-electron chi connectivity index (χ1n) is 10.4. The monoisotopic (exact) mass is 495 g/mol. The minimum atomic E-state index is -3.97. The van der Waals surface area contributed by atoms with E-state index in [2.05, 4.69) is 11.9 Å². The van der Waals surface area contributed by atoms with Crippen LogP contribution in [-0.2, 0) is 14.8 Å². The molecule has 33 heavy (non-hydrogen) atoms. The number of pyridine rings is 1. The summed E-state index contributed by atoms with van der Waals surface area (Å²) in [5, 5.41) is 9.04. The number of aliphatic carboxylic acids is 1. The van der Waals surface area contributed by atoms with Gasteiger partial charge in [-0.3, -0.25) is 0 Å². The number of fused-ring (bicyclic) bond motifs is 1. The summed E-state index contributed by atoms with van der Waals surface area (Å²) in [4.78, 5) is 17.1. The summed E-state index contributed by atoms with van der Waals surface area (Å²) in [5.41, 5.74) is 0.788. The van der Waals surface area contributed by atoms with Crippen LogP contribution in [0.1, 0.15) is 26.2 Å². The average Bonchev–Trinajstić information content (AvgIpc) is 2.89. The number of unbranched alkanes of at least 4 members (excludes halogenated alkanes) is 1. The molecular weight excluding hydrogens is 469 g/mol. The molecule has 1 aliphatic rings. The zero-order chi connectivity index (χ0) is 24.2. The lowest BCUT2D eigenvalue weighted by atomic mass is 10.1. The van der Waals surface area contributed by atoms with Crippen molar-refractivity contribution < 1.29 is 27.4 Å². The van der Waals surface area contributed by atoms with E-state index < -0.39 is 21.8 Å².